The maximum Gasteiger partial charge on any atom is 0.191 e. The minimum Gasteiger partial charge on any atom is -0.489 e. The van der Waals surface area contributed by atoms with Crippen molar-refractivity contribution in [2.24, 2.45) is 4.99 Å². The lowest BCUT2D eigenvalue weighted by Gasteiger charge is -2.18. The zero-order valence-electron chi connectivity index (χ0n) is 14.8. The highest BCUT2D eigenvalue weighted by Crippen LogP contribution is 2.17. The Kier molecular flexibility index (Phi) is 7.06. The summed E-state index contributed by atoms with van der Waals surface area (Å²) in [4.78, 5) is 8.79. The van der Waals surface area contributed by atoms with Crippen LogP contribution in [0.25, 0.3) is 0 Å². The van der Waals surface area contributed by atoms with Crippen molar-refractivity contribution >= 4 is 17.3 Å². The molecule has 0 fully saturated rings. The van der Waals surface area contributed by atoms with Crippen LogP contribution in [-0.2, 0) is 13.0 Å². The second kappa shape index (κ2) is 9.27. The molecule has 0 saturated heterocycles. The van der Waals surface area contributed by atoms with Gasteiger partial charge in [-0.15, -0.1) is 11.3 Å². The summed E-state index contributed by atoms with van der Waals surface area (Å²) in [5, 5.41) is 9.82. The van der Waals surface area contributed by atoms with Gasteiger partial charge in [-0.2, -0.15) is 0 Å². The molecule has 1 atom stereocenters. The first-order valence-corrected chi connectivity index (χ1v) is 9.10. The molecule has 2 N–H and O–H groups in total. The Morgan fingerprint density at radius 2 is 2.12 bits per heavy atom. The van der Waals surface area contributed by atoms with Gasteiger partial charge in [0.25, 0.3) is 0 Å². The minimum atomic E-state index is 0.0376. The van der Waals surface area contributed by atoms with Gasteiger partial charge in [-0.25, -0.2) is 4.98 Å². The molecule has 1 heterocycles. The lowest BCUT2D eigenvalue weighted by Crippen LogP contribution is -2.41. The van der Waals surface area contributed by atoms with E-state index < -0.39 is 0 Å². The molecule has 0 aliphatic rings. The molecule has 2 rings (SSSR count). The molecule has 6 heteroatoms. The zero-order chi connectivity index (χ0) is 17.4. The summed E-state index contributed by atoms with van der Waals surface area (Å²) >= 11 is 1.70. The van der Waals surface area contributed by atoms with E-state index in [1.807, 2.05) is 38.1 Å². The van der Waals surface area contributed by atoms with Gasteiger partial charge in [0, 0.05) is 12.4 Å². The van der Waals surface area contributed by atoms with Crippen LogP contribution >= 0.6 is 11.3 Å². The Labute approximate surface area is 148 Å². The predicted molar refractivity (Wildman–Crippen MR) is 101 cm³/mol. The van der Waals surface area contributed by atoms with E-state index in [4.69, 9.17) is 4.74 Å². The van der Waals surface area contributed by atoms with Crippen LogP contribution in [-0.4, -0.2) is 30.6 Å². The van der Waals surface area contributed by atoms with Crippen LogP contribution in [0.5, 0.6) is 5.75 Å². The van der Waals surface area contributed by atoms with E-state index in [0.29, 0.717) is 13.1 Å². The number of aryl methyl sites for hydroxylation is 2. The summed E-state index contributed by atoms with van der Waals surface area (Å²) in [7, 11) is 1.76. The van der Waals surface area contributed by atoms with Gasteiger partial charge in [-0.05, 0) is 31.9 Å². The number of guanidine groups is 1. The fourth-order valence-corrected chi connectivity index (χ4v) is 2.92. The second-order valence-electron chi connectivity index (χ2n) is 5.59. The van der Waals surface area contributed by atoms with Crippen molar-refractivity contribution in [3.05, 3.63) is 45.9 Å². The van der Waals surface area contributed by atoms with E-state index in [2.05, 4.69) is 32.9 Å². The van der Waals surface area contributed by atoms with Gasteiger partial charge in [-0.1, -0.05) is 25.1 Å². The Balaban J connectivity index is 1.77. The van der Waals surface area contributed by atoms with E-state index in [1.165, 1.54) is 0 Å². The summed E-state index contributed by atoms with van der Waals surface area (Å²) in [5.74, 6) is 1.67. The van der Waals surface area contributed by atoms with Gasteiger partial charge in [-0.3, -0.25) is 4.99 Å². The van der Waals surface area contributed by atoms with Gasteiger partial charge in [0.2, 0.25) is 0 Å². The number of para-hydroxylation sites is 1. The highest BCUT2D eigenvalue weighted by Gasteiger charge is 2.08. The second-order valence-corrected chi connectivity index (χ2v) is 6.53. The molecule has 2 aromatic rings. The maximum absolute atomic E-state index is 5.96. The molecule has 1 aromatic heterocycles. The number of hydrogen-bond donors (Lipinski definition) is 2. The van der Waals surface area contributed by atoms with Crippen molar-refractivity contribution < 1.29 is 4.74 Å². The first-order valence-electron chi connectivity index (χ1n) is 8.22. The van der Waals surface area contributed by atoms with Crippen LogP contribution in [0.4, 0.5) is 0 Å². The largest absolute Gasteiger partial charge is 0.489 e. The van der Waals surface area contributed by atoms with Crippen LogP contribution in [0.3, 0.4) is 0 Å². The molecule has 5 nitrogen and oxygen atoms in total. The Morgan fingerprint density at radius 1 is 1.33 bits per heavy atom. The number of aromatic nitrogens is 1. The van der Waals surface area contributed by atoms with Gasteiger partial charge in [0.1, 0.15) is 11.9 Å². The lowest BCUT2D eigenvalue weighted by molar-refractivity contribution is 0.222. The highest BCUT2D eigenvalue weighted by molar-refractivity contribution is 7.09. The van der Waals surface area contributed by atoms with Crippen LogP contribution < -0.4 is 15.4 Å². The quantitative estimate of drug-likeness (QED) is 0.597. The smallest absolute Gasteiger partial charge is 0.191 e. The Morgan fingerprint density at radius 3 is 2.79 bits per heavy atom. The predicted octanol–water partition coefficient (Wildman–Crippen LogP) is 3.15. The summed E-state index contributed by atoms with van der Waals surface area (Å²) < 4.78 is 5.96. The molecule has 130 valence electrons. The van der Waals surface area contributed by atoms with Crippen LogP contribution in [0.15, 0.2) is 34.6 Å². The highest BCUT2D eigenvalue weighted by atomic mass is 32.1. The van der Waals surface area contributed by atoms with Crippen molar-refractivity contribution in [2.75, 3.05) is 13.6 Å². The van der Waals surface area contributed by atoms with E-state index in [9.17, 15) is 0 Å². The fraction of sp³-hybridized carbons (Fsp3) is 0.444. The standard InChI is InChI=1S/C18H26N4OS/c1-5-17-22-15(12-24-17)11-21-18(19-4)20-10-14(3)23-16-9-7-6-8-13(16)2/h6-9,12,14H,5,10-11H2,1-4H3,(H2,19,20,21). The van der Waals surface area contributed by atoms with E-state index in [0.717, 1.165) is 34.4 Å². The molecule has 0 aliphatic carbocycles. The van der Waals surface area contributed by atoms with Crippen LogP contribution in [0.1, 0.15) is 30.1 Å². The maximum atomic E-state index is 5.96. The molecule has 0 aliphatic heterocycles. The molecule has 1 unspecified atom stereocenters. The third-order valence-corrected chi connectivity index (χ3v) is 4.58. The molecule has 24 heavy (non-hydrogen) atoms. The van der Waals surface area contributed by atoms with Crippen LogP contribution in [0.2, 0.25) is 0 Å². The van der Waals surface area contributed by atoms with Crippen molar-refractivity contribution in [2.45, 2.75) is 39.8 Å². The third-order valence-electron chi connectivity index (χ3n) is 3.54. The normalized spacial score (nSPS) is 12.8. The third kappa shape index (κ3) is 5.53. The van der Waals surface area contributed by atoms with Gasteiger partial charge >= 0.3 is 0 Å². The average molecular weight is 347 g/mol. The van der Waals surface area contributed by atoms with Crippen LogP contribution in [0, 0.1) is 6.92 Å². The first kappa shape index (κ1) is 18.3. The molecule has 0 bridgehead atoms. The molecular weight excluding hydrogens is 320 g/mol. The molecule has 0 spiro atoms. The number of aliphatic imine (C=N–C) groups is 1. The summed E-state index contributed by atoms with van der Waals surface area (Å²) in [6.45, 7) is 7.55. The SMILES string of the molecule is CCc1nc(CNC(=NC)NCC(C)Oc2ccccc2C)cs1. The number of nitrogens with one attached hydrogen (secondary N) is 2. The molecule has 0 saturated carbocycles. The molecular formula is C18H26N4OS. The van der Waals surface area contributed by atoms with E-state index in [1.54, 1.807) is 18.4 Å². The minimum absolute atomic E-state index is 0.0376. The van der Waals surface area contributed by atoms with E-state index in [-0.39, 0.29) is 6.10 Å². The zero-order valence-corrected chi connectivity index (χ0v) is 15.6. The van der Waals surface area contributed by atoms with Gasteiger partial charge in [0.05, 0.1) is 23.8 Å². The number of thiazole rings is 1. The van der Waals surface area contributed by atoms with Gasteiger partial charge < -0.3 is 15.4 Å². The Bertz CT molecular complexity index is 669. The number of nitrogens with zero attached hydrogens (tertiary/aromatic N) is 2. The van der Waals surface area contributed by atoms with Crippen molar-refractivity contribution in [1.29, 1.82) is 0 Å². The average Bonchev–Trinajstić information content (AvgIpc) is 3.05. The number of hydrogen-bond acceptors (Lipinski definition) is 4. The van der Waals surface area contributed by atoms with Crippen molar-refractivity contribution in [3.63, 3.8) is 0 Å². The van der Waals surface area contributed by atoms with Crippen molar-refractivity contribution in [3.8, 4) is 5.75 Å². The van der Waals surface area contributed by atoms with Gasteiger partial charge in [0.15, 0.2) is 5.96 Å². The number of benzene rings is 1. The summed E-state index contributed by atoms with van der Waals surface area (Å²) in [6, 6.07) is 8.04. The monoisotopic (exact) mass is 346 g/mol. The topological polar surface area (TPSA) is 58.5 Å². The lowest BCUT2D eigenvalue weighted by atomic mass is 10.2. The van der Waals surface area contributed by atoms with Crippen molar-refractivity contribution in [1.82, 2.24) is 15.6 Å². The summed E-state index contributed by atoms with van der Waals surface area (Å²) in [6.07, 6.45) is 1.02. The fourth-order valence-electron chi connectivity index (χ4n) is 2.17. The molecule has 1 aromatic carbocycles. The number of ether oxygens (including phenoxy) is 1. The molecule has 0 radical (unpaired) electrons. The summed E-state index contributed by atoms with van der Waals surface area (Å²) in [5.41, 5.74) is 2.19. The first-order chi connectivity index (χ1) is 11.6. The van der Waals surface area contributed by atoms with E-state index >= 15 is 0 Å². The molecule has 0 amide bonds. The number of rotatable bonds is 7. The Hall–Kier alpha value is -2.08.